The summed E-state index contributed by atoms with van der Waals surface area (Å²) >= 11 is 0. The van der Waals surface area contributed by atoms with Crippen LogP contribution in [0.4, 0.5) is 0 Å². The third-order valence-electron chi connectivity index (χ3n) is 3.87. The van der Waals surface area contributed by atoms with Gasteiger partial charge in [-0.2, -0.15) is 0 Å². The number of rotatable bonds is 8. The molecule has 0 aromatic rings. The predicted octanol–water partition coefficient (Wildman–Crippen LogP) is 1.79. The maximum absolute atomic E-state index is 3.59. The van der Waals surface area contributed by atoms with Crippen LogP contribution in [0.25, 0.3) is 0 Å². The fraction of sp³-hybridized carbons (Fsp3) is 1.00. The summed E-state index contributed by atoms with van der Waals surface area (Å²) in [5, 5.41) is 3.59. The first-order chi connectivity index (χ1) is 8.27. The summed E-state index contributed by atoms with van der Waals surface area (Å²) < 4.78 is 0. The second-order valence-corrected chi connectivity index (χ2v) is 5.23. The molecular weight excluding hydrogens is 210 g/mol. The monoisotopic (exact) mass is 241 g/mol. The fourth-order valence-electron chi connectivity index (χ4n) is 2.46. The van der Waals surface area contributed by atoms with E-state index < -0.39 is 0 Å². The third kappa shape index (κ3) is 5.84. The van der Waals surface area contributed by atoms with Gasteiger partial charge in [0.1, 0.15) is 0 Å². The molecule has 0 bridgehead atoms. The highest BCUT2D eigenvalue weighted by Crippen LogP contribution is 2.05. The number of piperazine rings is 1. The highest BCUT2D eigenvalue weighted by molar-refractivity contribution is 4.76. The van der Waals surface area contributed by atoms with Gasteiger partial charge in [-0.15, -0.1) is 0 Å². The van der Waals surface area contributed by atoms with Gasteiger partial charge in [-0.3, -0.25) is 4.90 Å². The first-order valence-electron chi connectivity index (χ1n) is 7.45. The van der Waals surface area contributed by atoms with E-state index in [1.165, 1.54) is 58.5 Å². The zero-order valence-corrected chi connectivity index (χ0v) is 12.0. The minimum absolute atomic E-state index is 0.690. The van der Waals surface area contributed by atoms with Gasteiger partial charge >= 0.3 is 0 Å². The topological polar surface area (TPSA) is 18.5 Å². The van der Waals surface area contributed by atoms with Crippen molar-refractivity contribution >= 4 is 0 Å². The summed E-state index contributed by atoms with van der Waals surface area (Å²) in [5.74, 6) is 0. The molecule has 0 radical (unpaired) electrons. The predicted molar refractivity (Wildman–Crippen MR) is 75.5 cm³/mol. The van der Waals surface area contributed by atoms with Crippen LogP contribution in [-0.4, -0.2) is 61.7 Å². The number of likely N-dealkylation sites (N-methyl/N-ethyl adjacent to an activating group) is 1. The van der Waals surface area contributed by atoms with Gasteiger partial charge in [0, 0.05) is 38.8 Å². The van der Waals surface area contributed by atoms with Crippen molar-refractivity contribution in [1.29, 1.82) is 0 Å². The Kier molecular flexibility index (Phi) is 7.82. The molecule has 0 amide bonds. The van der Waals surface area contributed by atoms with Crippen molar-refractivity contribution in [3.05, 3.63) is 0 Å². The summed E-state index contributed by atoms with van der Waals surface area (Å²) in [6, 6.07) is 0.690. The number of unbranched alkanes of at least 4 members (excludes halogenated alkanes) is 2. The maximum atomic E-state index is 3.59. The van der Waals surface area contributed by atoms with Crippen molar-refractivity contribution in [1.82, 2.24) is 15.1 Å². The van der Waals surface area contributed by atoms with Gasteiger partial charge in [0.25, 0.3) is 0 Å². The molecule has 0 aromatic carbocycles. The quantitative estimate of drug-likeness (QED) is 0.654. The van der Waals surface area contributed by atoms with E-state index in [2.05, 4.69) is 35.9 Å². The Balaban J connectivity index is 2.05. The van der Waals surface area contributed by atoms with Crippen molar-refractivity contribution in [2.45, 2.75) is 46.1 Å². The van der Waals surface area contributed by atoms with E-state index >= 15 is 0 Å². The van der Waals surface area contributed by atoms with Crippen molar-refractivity contribution in [3.63, 3.8) is 0 Å². The van der Waals surface area contributed by atoms with E-state index in [1.54, 1.807) is 0 Å². The Bertz CT molecular complexity index is 176. The van der Waals surface area contributed by atoms with Gasteiger partial charge in [-0.1, -0.05) is 26.7 Å². The molecule has 1 fully saturated rings. The maximum Gasteiger partial charge on any atom is 0.0193 e. The van der Waals surface area contributed by atoms with Gasteiger partial charge in [-0.05, 0) is 26.4 Å². The van der Waals surface area contributed by atoms with Gasteiger partial charge in [-0.25, -0.2) is 0 Å². The highest BCUT2D eigenvalue weighted by Gasteiger charge is 2.19. The molecule has 102 valence electrons. The lowest BCUT2D eigenvalue weighted by molar-refractivity contribution is 0.105. The number of nitrogens with zero attached hydrogens (tertiary/aromatic N) is 2. The van der Waals surface area contributed by atoms with E-state index in [-0.39, 0.29) is 0 Å². The van der Waals surface area contributed by atoms with E-state index in [0.29, 0.717) is 6.04 Å². The van der Waals surface area contributed by atoms with Crippen LogP contribution in [0.3, 0.4) is 0 Å². The molecule has 3 nitrogen and oxygen atoms in total. The second kappa shape index (κ2) is 8.90. The molecule has 1 saturated heterocycles. The number of nitrogens with one attached hydrogen (secondary N) is 1. The lowest BCUT2D eigenvalue weighted by Gasteiger charge is -2.37. The Hall–Kier alpha value is -0.120. The summed E-state index contributed by atoms with van der Waals surface area (Å²) in [6.07, 6.45) is 4.00. The normalized spacial score (nSPS) is 20.6. The Morgan fingerprint density at radius 1 is 1.06 bits per heavy atom. The Morgan fingerprint density at radius 3 is 2.35 bits per heavy atom. The second-order valence-electron chi connectivity index (χ2n) is 5.23. The SMILES string of the molecule is CCCCCNCC(C)N1CCN(CC)CC1. The molecular formula is C14H31N3. The smallest absolute Gasteiger partial charge is 0.0193 e. The number of hydrogen-bond donors (Lipinski definition) is 1. The first-order valence-corrected chi connectivity index (χ1v) is 7.45. The zero-order chi connectivity index (χ0) is 12.5. The minimum atomic E-state index is 0.690. The van der Waals surface area contributed by atoms with Crippen LogP contribution < -0.4 is 5.32 Å². The molecule has 17 heavy (non-hydrogen) atoms. The molecule has 3 heteroatoms. The van der Waals surface area contributed by atoms with Crippen molar-refractivity contribution in [3.8, 4) is 0 Å². The first kappa shape index (κ1) is 14.9. The van der Waals surface area contributed by atoms with Crippen LogP contribution in [0.15, 0.2) is 0 Å². The molecule has 1 N–H and O–H groups in total. The van der Waals surface area contributed by atoms with Crippen LogP contribution in [-0.2, 0) is 0 Å². The Morgan fingerprint density at radius 2 is 1.76 bits per heavy atom. The molecule has 0 aromatic heterocycles. The lowest BCUT2D eigenvalue weighted by Crippen LogP contribution is -2.51. The van der Waals surface area contributed by atoms with Crippen molar-refractivity contribution in [2.24, 2.45) is 0 Å². The molecule has 1 aliphatic rings. The van der Waals surface area contributed by atoms with Crippen molar-refractivity contribution < 1.29 is 0 Å². The van der Waals surface area contributed by atoms with Crippen LogP contribution in [0, 0.1) is 0 Å². The largest absolute Gasteiger partial charge is 0.315 e. The third-order valence-corrected chi connectivity index (χ3v) is 3.87. The van der Waals surface area contributed by atoms with Crippen LogP contribution >= 0.6 is 0 Å². The number of hydrogen-bond acceptors (Lipinski definition) is 3. The van der Waals surface area contributed by atoms with Crippen LogP contribution in [0.5, 0.6) is 0 Å². The van der Waals surface area contributed by atoms with E-state index in [9.17, 15) is 0 Å². The Labute approximate surface area is 108 Å². The van der Waals surface area contributed by atoms with E-state index in [0.717, 1.165) is 6.54 Å². The molecule has 0 saturated carbocycles. The van der Waals surface area contributed by atoms with Gasteiger partial charge < -0.3 is 10.2 Å². The standard InChI is InChI=1S/C14H31N3/c1-4-6-7-8-15-13-14(3)17-11-9-16(5-2)10-12-17/h14-15H,4-13H2,1-3H3. The van der Waals surface area contributed by atoms with Gasteiger partial charge in [0.15, 0.2) is 0 Å². The van der Waals surface area contributed by atoms with Crippen LogP contribution in [0.1, 0.15) is 40.0 Å². The summed E-state index contributed by atoms with van der Waals surface area (Å²) in [5.41, 5.74) is 0. The molecule has 1 aliphatic heterocycles. The zero-order valence-electron chi connectivity index (χ0n) is 12.0. The average Bonchev–Trinajstić information content (AvgIpc) is 2.38. The average molecular weight is 241 g/mol. The van der Waals surface area contributed by atoms with E-state index in [1.807, 2.05) is 0 Å². The molecule has 1 atom stereocenters. The molecule has 1 heterocycles. The minimum Gasteiger partial charge on any atom is -0.315 e. The summed E-state index contributed by atoms with van der Waals surface area (Å²) in [6.45, 7) is 15.4. The van der Waals surface area contributed by atoms with Crippen molar-refractivity contribution in [2.75, 3.05) is 45.8 Å². The molecule has 1 unspecified atom stereocenters. The van der Waals surface area contributed by atoms with E-state index in [4.69, 9.17) is 0 Å². The molecule has 0 spiro atoms. The molecule has 1 rings (SSSR count). The van der Waals surface area contributed by atoms with Crippen LogP contribution in [0.2, 0.25) is 0 Å². The highest BCUT2D eigenvalue weighted by atomic mass is 15.3. The fourth-order valence-corrected chi connectivity index (χ4v) is 2.46. The molecule has 0 aliphatic carbocycles. The lowest BCUT2D eigenvalue weighted by atomic mass is 10.2. The van der Waals surface area contributed by atoms with Gasteiger partial charge in [0.2, 0.25) is 0 Å². The van der Waals surface area contributed by atoms with Gasteiger partial charge in [0.05, 0.1) is 0 Å². The summed E-state index contributed by atoms with van der Waals surface area (Å²) in [4.78, 5) is 5.16. The summed E-state index contributed by atoms with van der Waals surface area (Å²) in [7, 11) is 0.